The molecule has 0 saturated carbocycles. The van der Waals surface area contributed by atoms with Gasteiger partial charge >= 0.3 is 5.97 Å². The topological polar surface area (TPSA) is 71.4 Å². The summed E-state index contributed by atoms with van der Waals surface area (Å²) in [6.45, 7) is 0. The van der Waals surface area contributed by atoms with E-state index in [1.165, 1.54) is 30.3 Å². The Labute approximate surface area is 125 Å². The van der Waals surface area contributed by atoms with E-state index in [-0.39, 0.29) is 21.2 Å². The molecule has 110 valence electrons. The van der Waals surface area contributed by atoms with Gasteiger partial charge in [0.1, 0.15) is 5.82 Å². The van der Waals surface area contributed by atoms with Gasteiger partial charge in [0.2, 0.25) is 0 Å². The average molecular weight is 329 g/mol. The van der Waals surface area contributed by atoms with E-state index >= 15 is 0 Å². The van der Waals surface area contributed by atoms with Gasteiger partial charge in [-0.05, 0) is 35.9 Å². The zero-order valence-electron chi connectivity index (χ0n) is 10.6. The van der Waals surface area contributed by atoms with E-state index in [1.807, 2.05) is 0 Å². The van der Waals surface area contributed by atoms with Gasteiger partial charge in [0.15, 0.2) is 9.84 Å². The highest BCUT2D eigenvalue weighted by Gasteiger charge is 2.18. The standard InChI is InChI=1S/C14H10ClFO4S/c15-13-7-11(5-6-12(13)14(17)18)21(19,20)8-9-1-3-10(16)4-2-9/h1-7H,8H2,(H,17,18). The van der Waals surface area contributed by atoms with Crippen molar-refractivity contribution in [1.29, 1.82) is 0 Å². The number of hydrogen-bond donors (Lipinski definition) is 1. The molecule has 0 fully saturated rings. The normalized spacial score (nSPS) is 11.3. The Hall–Kier alpha value is -1.92. The number of aromatic carboxylic acids is 1. The molecular weight excluding hydrogens is 319 g/mol. The number of halogens is 2. The van der Waals surface area contributed by atoms with Gasteiger partial charge < -0.3 is 5.11 Å². The molecule has 21 heavy (non-hydrogen) atoms. The summed E-state index contributed by atoms with van der Waals surface area (Å²) in [4.78, 5) is 10.8. The molecule has 0 atom stereocenters. The summed E-state index contributed by atoms with van der Waals surface area (Å²) in [5.74, 6) is -2.01. The van der Waals surface area contributed by atoms with Crippen LogP contribution in [0.15, 0.2) is 47.4 Å². The summed E-state index contributed by atoms with van der Waals surface area (Å²) < 4.78 is 37.2. The zero-order valence-corrected chi connectivity index (χ0v) is 12.2. The Kier molecular flexibility index (Phi) is 4.29. The third-order valence-electron chi connectivity index (χ3n) is 2.80. The number of rotatable bonds is 4. The molecule has 2 aromatic carbocycles. The largest absolute Gasteiger partial charge is 0.478 e. The molecule has 2 rings (SSSR count). The van der Waals surface area contributed by atoms with Crippen molar-refractivity contribution in [2.45, 2.75) is 10.6 Å². The highest BCUT2D eigenvalue weighted by Crippen LogP contribution is 2.23. The Morgan fingerprint density at radius 1 is 1.14 bits per heavy atom. The first-order valence-electron chi connectivity index (χ1n) is 5.79. The minimum absolute atomic E-state index is 0.0816. The summed E-state index contributed by atoms with van der Waals surface area (Å²) in [7, 11) is -3.69. The molecule has 0 bridgehead atoms. The molecule has 1 N–H and O–H groups in total. The molecule has 0 aliphatic rings. The number of sulfone groups is 1. The van der Waals surface area contributed by atoms with Gasteiger partial charge in [-0.1, -0.05) is 23.7 Å². The lowest BCUT2D eigenvalue weighted by molar-refractivity contribution is 0.0697. The van der Waals surface area contributed by atoms with Crippen LogP contribution in [0.1, 0.15) is 15.9 Å². The molecule has 0 saturated heterocycles. The monoisotopic (exact) mass is 328 g/mol. The second kappa shape index (κ2) is 5.83. The summed E-state index contributed by atoms with van der Waals surface area (Å²) >= 11 is 5.76. The maximum Gasteiger partial charge on any atom is 0.337 e. The number of carboxylic acid groups (broad SMARTS) is 1. The van der Waals surface area contributed by atoms with E-state index in [1.54, 1.807) is 0 Å². The number of hydrogen-bond acceptors (Lipinski definition) is 3. The highest BCUT2D eigenvalue weighted by molar-refractivity contribution is 7.90. The maximum atomic E-state index is 12.8. The lowest BCUT2D eigenvalue weighted by atomic mass is 10.2. The molecule has 0 aliphatic carbocycles. The van der Waals surface area contributed by atoms with E-state index < -0.39 is 21.6 Å². The third kappa shape index (κ3) is 3.59. The first kappa shape index (κ1) is 15.5. The van der Waals surface area contributed by atoms with Crippen LogP contribution in [0.3, 0.4) is 0 Å². The Bertz CT molecular complexity index is 785. The van der Waals surface area contributed by atoms with Crippen LogP contribution in [0.4, 0.5) is 4.39 Å². The third-order valence-corrected chi connectivity index (χ3v) is 4.80. The van der Waals surface area contributed by atoms with Crippen LogP contribution in [0, 0.1) is 5.82 Å². The van der Waals surface area contributed by atoms with Crippen molar-refractivity contribution in [2.75, 3.05) is 0 Å². The highest BCUT2D eigenvalue weighted by atomic mass is 35.5. The zero-order chi connectivity index (χ0) is 15.6. The van der Waals surface area contributed by atoms with E-state index in [9.17, 15) is 17.6 Å². The smallest absolute Gasteiger partial charge is 0.337 e. The summed E-state index contributed by atoms with van der Waals surface area (Å²) in [5.41, 5.74) is 0.257. The number of carbonyl (C=O) groups is 1. The average Bonchev–Trinajstić information content (AvgIpc) is 2.40. The van der Waals surface area contributed by atoms with Gasteiger partial charge in [-0.15, -0.1) is 0 Å². The minimum Gasteiger partial charge on any atom is -0.478 e. The summed E-state index contributed by atoms with van der Waals surface area (Å²) in [6, 6.07) is 8.53. The number of benzene rings is 2. The van der Waals surface area contributed by atoms with E-state index in [2.05, 4.69) is 0 Å². The van der Waals surface area contributed by atoms with Gasteiger partial charge in [-0.3, -0.25) is 0 Å². The predicted molar refractivity (Wildman–Crippen MR) is 75.7 cm³/mol. The fourth-order valence-electron chi connectivity index (χ4n) is 1.75. The van der Waals surface area contributed by atoms with Gasteiger partial charge in [0.05, 0.1) is 21.2 Å². The predicted octanol–water partition coefficient (Wildman–Crippen LogP) is 3.15. The Balaban J connectivity index is 2.33. The van der Waals surface area contributed by atoms with Crippen molar-refractivity contribution >= 4 is 27.4 Å². The quantitative estimate of drug-likeness (QED) is 0.935. The summed E-state index contributed by atoms with van der Waals surface area (Å²) in [6.07, 6.45) is 0. The molecule has 7 heteroatoms. The Morgan fingerprint density at radius 3 is 2.29 bits per heavy atom. The minimum atomic E-state index is -3.69. The molecule has 0 radical (unpaired) electrons. The van der Waals surface area contributed by atoms with E-state index in [4.69, 9.17) is 16.7 Å². The van der Waals surface area contributed by atoms with E-state index in [0.29, 0.717) is 5.56 Å². The van der Waals surface area contributed by atoms with Crippen LogP contribution < -0.4 is 0 Å². The molecule has 0 heterocycles. The SMILES string of the molecule is O=C(O)c1ccc(S(=O)(=O)Cc2ccc(F)cc2)cc1Cl. The molecule has 0 aromatic heterocycles. The van der Waals surface area contributed by atoms with Crippen LogP contribution >= 0.6 is 11.6 Å². The van der Waals surface area contributed by atoms with Crippen molar-refractivity contribution in [3.05, 3.63) is 64.4 Å². The van der Waals surface area contributed by atoms with Crippen LogP contribution in [0.5, 0.6) is 0 Å². The van der Waals surface area contributed by atoms with Crippen molar-refractivity contribution in [3.8, 4) is 0 Å². The van der Waals surface area contributed by atoms with Crippen LogP contribution in [-0.2, 0) is 15.6 Å². The molecule has 0 unspecified atom stereocenters. The lowest BCUT2D eigenvalue weighted by Gasteiger charge is -2.06. The molecule has 4 nitrogen and oxygen atoms in total. The first-order valence-corrected chi connectivity index (χ1v) is 7.83. The Morgan fingerprint density at radius 2 is 1.76 bits per heavy atom. The first-order chi connectivity index (χ1) is 9.79. The molecule has 0 spiro atoms. The van der Waals surface area contributed by atoms with Crippen molar-refractivity contribution < 1.29 is 22.7 Å². The van der Waals surface area contributed by atoms with Gasteiger partial charge in [-0.2, -0.15) is 0 Å². The van der Waals surface area contributed by atoms with Gasteiger partial charge in [0.25, 0.3) is 0 Å². The van der Waals surface area contributed by atoms with Gasteiger partial charge in [-0.25, -0.2) is 17.6 Å². The van der Waals surface area contributed by atoms with Crippen molar-refractivity contribution in [3.63, 3.8) is 0 Å². The van der Waals surface area contributed by atoms with Gasteiger partial charge in [0, 0.05) is 0 Å². The fraction of sp³-hybridized carbons (Fsp3) is 0.0714. The fourth-order valence-corrected chi connectivity index (χ4v) is 3.44. The van der Waals surface area contributed by atoms with Crippen molar-refractivity contribution in [2.24, 2.45) is 0 Å². The van der Waals surface area contributed by atoms with Crippen LogP contribution in [0.2, 0.25) is 5.02 Å². The van der Waals surface area contributed by atoms with Crippen LogP contribution in [0.25, 0.3) is 0 Å². The summed E-state index contributed by atoms with van der Waals surface area (Å²) in [5, 5.41) is 8.70. The second-order valence-corrected chi connectivity index (χ2v) is 6.73. The second-order valence-electron chi connectivity index (χ2n) is 4.33. The molecule has 2 aromatic rings. The lowest BCUT2D eigenvalue weighted by Crippen LogP contribution is -2.06. The molecule has 0 amide bonds. The number of carboxylic acids is 1. The molecular formula is C14H10ClFO4S. The molecule has 0 aliphatic heterocycles. The van der Waals surface area contributed by atoms with E-state index in [0.717, 1.165) is 12.1 Å². The maximum absolute atomic E-state index is 12.8. The van der Waals surface area contributed by atoms with Crippen LogP contribution in [-0.4, -0.2) is 19.5 Å². The van der Waals surface area contributed by atoms with Crippen molar-refractivity contribution in [1.82, 2.24) is 0 Å².